The van der Waals surface area contributed by atoms with Crippen LogP contribution in [0.2, 0.25) is 0 Å². The van der Waals surface area contributed by atoms with E-state index in [1.54, 1.807) is 50.2 Å². The van der Waals surface area contributed by atoms with Gasteiger partial charge in [0, 0.05) is 11.3 Å². The molecule has 0 unspecified atom stereocenters. The van der Waals surface area contributed by atoms with E-state index < -0.39 is 15.9 Å². The molecule has 11 heteroatoms. The summed E-state index contributed by atoms with van der Waals surface area (Å²) in [5.41, 5.74) is 1.94. The van der Waals surface area contributed by atoms with Crippen molar-refractivity contribution in [2.24, 2.45) is 0 Å². The number of hydrogen-bond donors (Lipinski definition) is 2. The van der Waals surface area contributed by atoms with Crippen molar-refractivity contribution < 1.29 is 26.8 Å². The van der Waals surface area contributed by atoms with Gasteiger partial charge in [-0.25, -0.2) is 18.4 Å². The number of nitrogens with zero attached hydrogens (tertiary/aromatic N) is 2. The summed E-state index contributed by atoms with van der Waals surface area (Å²) in [5.74, 6) is 1.10. The number of rotatable bonds is 8. The van der Waals surface area contributed by atoms with E-state index in [1.165, 1.54) is 25.6 Å². The molecule has 0 aliphatic heterocycles. The number of carbonyl (C=O) groups excluding carboxylic acids is 1. The van der Waals surface area contributed by atoms with Crippen molar-refractivity contribution in [3.05, 3.63) is 77.8 Å². The first-order chi connectivity index (χ1) is 16.3. The molecule has 0 spiro atoms. The molecule has 10 nitrogen and oxygen atoms in total. The lowest BCUT2D eigenvalue weighted by Crippen LogP contribution is -2.23. The lowest BCUT2D eigenvalue weighted by molar-refractivity contribution is 0.0921. The second-order valence-electron chi connectivity index (χ2n) is 7.33. The van der Waals surface area contributed by atoms with Gasteiger partial charge in [-0.2, -0.15) is 0 Å². The standard InChI is InChI=1S/C23H22N4O6S/c1-14-21(32-13-25-14)22(28)24-12-20-15(2)33-23(26-20)16-5-4-6-17(11-16)27-34(29,30)19-9-7-18(31-3)8-10-19/h4-11,13,27H,12H2,1-3H3,(H,24,28). The van der Waals surface area contributed by atoms with Gasteiger partial charge in [-0.15, -0.1) is 0 Å². The molecule has 176 valence electrons. The van der Waals surface area contributed by atoms with Crippen molar-refractivity contribution in [2.75, 3.05) is 11.8 Å². The molecule has 34 heavy (non-hydrogen) atoms. The van der Waals surface area contributed by atoms with Crippen LogP contribution >= 0.6 is 0 Å². The molecule has 2 aromatic heterocycles. The first-order valence-corrected chi connectivity index (χ1v) is 11.7. The molecule has 0 aliphatic rings. The summed E-state index contributed by atoms with van der Waals surface area (Å²) in [6.45, 7) is 3.53. The number of oxazole rings is 2. The van der Waals surface area contributed by atoms with E-state index >= 15 is 0 Å². The Kier molecular flexibility index (Phi) is 6.37. The molecule has 4 rings (SSSR count). The second-order valence-corrected chi connectivity index (χ2v) is 9.02. The molecule has 0 atom stereocenters. The summed E-state index contributed by atoms with van der Waals surface area (Å²) < 4.78 is 43.9. The lowest BCUT2D eigenvalue weighted by Gasteiger charge is -2.09. The molecule has 2 N–H and O–H groups in total. The number of ether oxygens (including phenoxy) is 1. The highest BCUT2D eigenvalue weighted by molar-refractivity contribution is 7.92. The van der Waals surface area contributed by atoms with Crippen molar-refractivity contribution in [2.45, 2.75) is 25.3 Å². The van der Waals surface area contributed by atoms with Crippen LogP contribution < -0.4 is 14.8 Å². The third-order valence-corrected chi connectivity index (χ3v) is 6.39. The highest BCUT2D eigenvalue weighted by Crippen LogP contribution is 2.26. The van der Waals surface area contributed by atoms with E-state index in [9.17, 15) is 13.2 Å². The number of methoxy groups -OCH3 is 1. The average Bonchev–Trinajstić information content (AvgIpc) is 3.42. The Bertz CT molecular complexity index is 1420. The minimum atomic E-state index is -3.80. The molecular formula is C23H22N4O6S. The van der Waals surface area contributed by atoms with Crippen molar-refractivity contribution in [1.82, 2.24) is 15.3 Å². The Morgan fingerprint density at radius 1 is 1.12 bits per heavy atom. The number of amides is 1. The average molecular weight is 483 g/mol. The van der Waals surface area contributed by atoms with Crippen LogP contribution in [0.3, 0.4) is 0 Å². The topological polar surface area (TPSA) is 137 Å². The molecule has 2 aromatic carbocycles. The van der Waals surface area contributed by atoms with Crippen LogP contribution in [0.5, 0.6) is 5.75 Å². The Balaban J connectivity index is 1.49. The van der Waals surface area contributed by atoms with Crippen LogP contribution in [0.15, 0.2) is 68.7 Å². The number of aryl methyl sites for hydroxylation is 2. The van der Waals surface area contributed by atoms with Crippen LogP contribution in [0.25, 0.3) is 11.5 Å². The largest absolute Gasteiger partial charge is 0.497 e. The highest BCUT2D eigenvalue weighted by atomic mass is 32.2. The van der Waals surface area contributed by atoms with Crippen molar-refractivity contribution in [3.63, 3.8) is 0 Å². The fourth-order valence-electron chi connectivity index (χ4n) is 3.16. The molecule has 1 amide bonds. The van der Waals surface area contributed by atoms with Gasteiger partial charge in [0.25, 0.3) is 15.9 Å². The monoisotopic (exact) mass is 482 g/mol. The van der Waals surface area contributed by atoms with Crippen LogP contribution in [0.1, 0.15) is 27.7 Å². The maximum Gasteiger partial charge on any atom is 0.289 e. The van der Waals surface area contributed by atoms with Gasteiger partial charge in [0.1, 0.15) is 17.2 Å². The van der Waals surface area contributed by atoms with Gasteiger partial charge in [-0.1, -0.05) is 6.07 Å². The van der Waals surface area contributed by atoms with Gasteiger partial charge >= 0.3 is 0 Å². The quantitative estimate of drug-likeness (QED) is 0.388. The van der Waals surface area contributed by atoms with E-state index in [-0.39, 0.29) is 17.2 Å². The number of nitrogens with one attached hydrogen (secondary N) is 2. The van der Waals surface area contributed by atoms with Gasteiger partial charge in [0.2, 0.25) is 11.7 Å². The number of sulfonamides is 1. The third-order valence-electron chi connectivity index (χ3n) is 4.99. The molecule has 0 saturated carbocycles. The zero-order valence-electron chi connectivity index (χ0n) is 18.7. The zero-order valence-corrected chi connectivity index (χ0v) is 19.5. The highest BCUT2D eigenvalue weighted by Gasteiger charge is 2.18. The smallest absolute Gasteiger partial charge is 0.289 e. The third kappa shape index (κ3) is 4.94. The Labute approximate surface area is 196 Å². The summed E-state index contributed by atoms with van der Waals surface area (Å²) >= 11 is 0. The van der Waals surface area contributed by atoms with Gasteiger partial charge in [-0.3, -0.25) is 9.52 Å². The predicted molar refractivity (Wildman–Crippen MR) is 123 cm³/mol. The zero-order chi connectivity index (χ0) is 24.3. The molecule has 4 aromatic rings. The van der Waals surface area contributed by atoms with Gasteiger partial charge in [0.05, 0.1) is 24.2 Å². The van der Waals surface area contributed by atoms with E-state index in [1.807, 2.05) is 0 Å². The van der Waals surface area contributed by atoms with Gasteiger partial charge in [0.15, 0.2) is 6.39 Å². The van der Waals surface area contributed by atoms with Gasteiger partial charge in [-0.05, 0) is 56.3 Å². The molecule has 0 bridgehead atoms. The Hall–Kier alpha value is -4.12. The fraction of sp³-hybridized carbons (Fsp3) is 0.174. The SMILES string of the molecule is COc1ccc(S(=O)(=O)Nc2cccc(-c3nc(CNC(=O)c4ocnc4C)c(C)o3)c2)cc1. The molecule has 0 aliphatic carbocycles. The molecule has 0 radical (unpaired) electrons. The van der Waals surface area contributed by atoms with Crippen LogP contribution in [-0.2, 0) is 16.6 Å². The van der Waals surface area contributed by atoms with Crippen LogP contribution in [0.4, 0.5) is 5.69 Å². The molecule has 2 heterocycles. The minimum Gasteiger partial charge on any atom is -0.497 e. The van der Waals surface area contributed by atoms with E-state index in [2.05, 4.69) is 20.0 Å². The van der Waals surface area contributed by atoms with Crippen LogP contribution in [0, 0.1) is 13.8 Å². The fourth-order valence-corrected chi connectivity index (χ4v) is 4.21. The first kappa shape index (κ1) is 23.1. The first-order valence-electron chi connectivity index (χ1n) is 10.2. The number of benzene rings is 2. The predicted octanol–water partition coefficient (Wildman–Crippen LogP) is 3.69. The Morgan fingerprint density at radius 3 is 2.56 bits per heavy atom. The summed E-state index contributed by atoms with van der Waals surface area (Å²) in [4.78, 5) is 20.7. The van der Waals surface area contributed by atoms with Crippen LogP contribution in [-0.4, -0.2) is 31.4 Å². The normalized spacial score (nSPS) is 11.3. The number of carbonyl (C=O) groups is 1. The summed E-state index contributed by atoms with van der Waals surface area (Å²) in [6, 6.07) is 12.8. The summed E-state index contributed by atoms with van der Waals surface area (Å²) in [5, 5.41) is 2.72. The number of anilines is 1. The lowest BCUT2D eigenvalue weighted by atomic mass is 10.2. The van der Waals surface area contributed by atoms with Gasteiger partial charge < -0.3 is 18.9 Å². The molecule has 0 fully saturated rings. The maximum absolute atomic E-state index is 12.7. The minimum absolute atomic E-state index is 0.102. The van der Waals surface area contributed by atoms with Crippen molar-refractivity contribution in [3.8, 4) is 17.2 Å². The Morgan fingerprint density at radius 2 is 1.88 bits per heavy atom. The number of aromatic nitrogens is 2. The van der Waals surface area contributed by atoms with Crippen molar-refractivity contribution >= 4 is 21.6 Å². The maximum atomic E-state index is 12.7. The van der Waals surface area contributed by atoms with E-state index in [0.717, 1.165) is 0 Å². The molecule has 0 saturated heterocycles. The summed E-state index contributed by atoms with van der Waals surface area (Å²) in [6.07, 6.45) is 1.21. The van der Waals surface area contributed by atoms with E-state index in [4.69, 9.17) is 13.6 Å². The van der Waals surface area contributed by atoms with E-state index in [0.29, 0.717) is 40.0 Å². The number of hydrogen-bond acceptors (Lipinski definition) is 8. The molecular weight excluding hydrogens is 460 g/mol. The van der Waals surface area contributed by atoms with Crippen molar-refractivity contribution in [1.29, 1.82) is 0 Å². The second kappa shape index (κ2) is 9.40. The summed E-state index contributed by atoms with van der Waals surface area (Å²) in [7, 11) is -2.29.